The summed E-state index contributed by atoms with van der Waals surface area (Å²) in [5, 5.41) is 5.35. The van der Waals surface area contributed by atoms with E-state index in [4.69, 9.17) is 9.47 Å². The summed E-state index contributed by atoms with van der Waals surface area (Å²) in [6.45, 7) is 2.29. The maximum Gasteiger partial charge on any atom is 0.227 e. The molecule has 2 amide bonds. The van der Waals surface area contributed by atoms with Crippen molar-refractivity contribution >= 4 is 28.3 Å². The Labute approximate surface area is 181 Å². The van der Waals surface area contributed by atoms with Gasteiger partial charge in [-0.2, -0.15) is 0 Å². The van der Waals surface area contributed by atoms with Crippen LogP contribution in [0.1, 0.15) is 24.9 Å². The molecular formula is C25H26N2O4. The molecule has 4 rings (SSSR count). The van der Waals surface area contributed by atoms with Crippen LogP contribution in [0.15, 0.2) is 60.7 Å². The number of hydrogen-bond donors (Lipinski definition) is 1. The van der Waals surface area contributed by atoms with E-state index in [9.17, 15) is 9.59 Å². The Morgan fingerprint density at radius 2 is 1.84 bits per heavy atom. The highest BCUT2D eigenvalue weighted by Gasteiger charge is 2.36. The number of fused-ring (bicyclic) bond motifs is 1. The van der Waals surface area contributed by atoms with Gasteiger partial charge in [-0.05, 0) is 35.4 Å². The minimum Gasteiger partial charge on any atom is -0.497 e. The summed E-state index contributed by atoms with van der Waals surface area (Å²) in [6, 6.07) is 19.3. The number of methoxy groups -OCH3 is 2. The summed E-state index contributed by atoms with van der Waals surface area (Å²) in [5.41, 5.74) is 1.70. The summed E-state index contributed by atoms with van der Waals surface area (Å²) in [4.78, 5) is 27.3. The summed E-state index contributed by atoms with van der Waals surface area (Å²) in [6.07, 6.45) is 0.170. The first-order valence-corrected chi connectivity index (χ1v) is 10.3. The molecule has 0 bridgehead atoms. The molecule has 1 aliphatic heterocycles. The Morgan fingerprint density at radius 3 is 2.61 bits per heavy atom. The molecule has 6 heteroatoms. The third-order valence-corrected chi connectivity index (χ3v) is 5.82. The van der Waals surface area contributed by atoms with Crippen LogP contribution in [-0.4, -0.2) is 32.6 Å². The molecule has 1 heterocycles. The Balaban J connectivity index is 1.50. The van der Waals surface area contributed by atoms with E-state index in [1.54, 1.807) is 37.3 Å². The summed E-state index contributed by atoms with van der Waals surface area (Å²) in [5.74, 6) is 0.547. The van der Waals surface area contributed by atoms with Gasteiger partial charge in [0.05, 0.1) is 31.9 Å². The molecule has 3 aromatic rings. The SMILES string of the molecule is COc1ccc(N2C[C@H](C(=O)N[C@@H](C)c3cccc4ccccc34)CC2=O)c(OC)c1. The highest BCUT2D eigenvalue weighted by Crippen LogP contribution is 2.36. The van der Waals surface area contributed by atoms with Gasteiger partial charge < -0.3 is 19.7 Å². The molecule has 0 aliphatic carbocycles. The molecule has 6 nitrogen and oxygen atoms in total. The fourth-order valence-electron chi connectivity index (χ4n) is 4.16. The molecule has 3 aromatic carbocycles. The van der Waals surface area contributed by atoms with E-state index in [2.05, 4.69) is 23.5 Å². The van der Waals surface area contributed by atoms with Crippen LogP contribution < -0.4 is 19.7 Å². The number of nitrogens with zero attached hydrogens (tertiary/aromatic N) is 1. The van der Waals surface area contributed by atoms with Gasteiger partial charge in [0.25, 0.3) is 0 Å². The van der Waals surface area contributed by atoms with Crippen LogP contribution in [0, 0.1) is 5.92 Å². The Hall–Kier alpha value is -3.54. The average Bonchev–Trinajstić information content (AvgIpc) is 3.19. The predicted octanol–water partition coefficient (Wildman–Crippen LogP) is 4.09. The maximum absolute atomic E-state index is 13.0. The highest BCUT2D eigenvalue weighted by molar-refractivity contribution is 6.01. The first kappa shape index (κ1) is 20.7. The minimum atomic E-state index is -0.420. The molecule has 1 fully saturated rings. The smallest absolute Gasteiger partial charge is 0.227 e. The Bertz CT molecular complexity index is 1120. The molecule has 31 heavy (non-hydrogen) atoms. The molecule has 1 saturated heterocycles. The molecular weight excluding hydrogens is 392 g/mol. The number of anilines is 1. The second kappa shape index (κ2) is 8.68. The van der Waals surface area contributed by atoms with Crippen LogP contribution in [0.2, 0.25) is 0 Å². The lowest BCUT2D eigenvalue weighted by Crippen LogP contribution is -2.34. The van der Waals surface area contributed by atoms with Crippen molar-refractivity contribution in [1.29, 1.82) is 0 Å². The molecule has 0 unspecified atom stereocenters. The van der Waals surface area contributed by atoms with Crippen molar-refractivity contribution in [2.24, 2.45) is 5.92 Å². The van der Waals surface area contributed by atoms with Crippen molar-refractivity contribution in [3.05, 3.63) is 66.2 Å². The second-order valence-corrected chi connectivity index (χ2v) is 7.74. The molecule has 2 atom stereocenters. The lowest BCUT2D eigenvalue weighted by Gasteiger charge is -2.21. The lowest BCUT2D eigenvalue weighted by atomic mass is 9.99. The number of nitrogens with one attached hydrogen (secondary N) is 1. The van der Waals surface area contributed by atoms with Crippen molar-refractivity contribution < 1.29 is 19.1 Å². The number of amides is 2. The average molecular weight is 418 g/mol. The monoisotopic (exact) mass is 418 g/mol. The van der Waals surface area contributed by atoms with E-state index >= 15 is 0 Å². The van der Waals surface area contributed by atoms with Gasteiger partial charge in [0.2, 0.25) is 11.8 Å². The van der Waals surface area contributed by atoms with Gasteiger partial charge in [0, 0.05) is 19.0 Å². The molecule has 1 N–H and O–H groups in total. The maximum atomic E-state index is 13.0. The van der Waals surface area contributed by atoms with Gasteiger partial charge in [0.1, 0.15) is 11.5 Å². The Morgan fingerprint density at radius 1 is 1.06 bits per heavy atom. The largest absolute Gasteiger partial charge is 0.497 e. The van der Waals surface area contributed by atoms with Crippen LogP contribution in [0.3, 0.4) is 0 Å². The molecule has 160 valence electrons. The van der Waals surface area contributed by atoms with E-state index < -0.39 is 5.92 Å². The first-order valence-electron chi connectivity index (χ1n) is 10.3. The van der Waals surface area contributed by atoms with Crippen molar-refractivity contribution in [2.75, 3.05) is 25.7 Å². The van der Waals surface area contributed by atoms with Gasteiger partial charge in [-0.25, -0.2) is 0 Å². The predicted molar refractivity (Wildman–Crippen MR) is 121 cm³/mol. The number of rotatable bonds is 6. The van der Waals surface area contributed by atoms with Crippen LogP contribution in [0.4, 0.5) is 5.69 Å². The minimum absolute atomic E-state index is 0.0959. The number of benzene rings is 3. The van der Waals surface area contributed by atoms with E-state index in [0.29, 0.717) is 23.7 Å². The van der Waals surface area contributed by atoms with E-state index in [-0.39, 0.29) is 24.3 Å². The number of carbonyl (C=O) groups is 2. The quantitative estimate of drug-likeness (QED) is 0.655. The zero-order chi connectivity index (χ0) is 22.0. The Kier molecular flexibility index (Phi) is 5.80. The molecule has 1 aliphatic rings. The first-order chi connectivity index (χ1) is 15.0. The van der Waals surface area contributed by atoms with E-state index in [0.717, 1.165) is 16.3 Å². The van der Waals surface area contributed by atoms with Crippen LogP contribution >= 0.6 is 0 Å². The van der Waals surface area contributed by atoms with E-state index in [1.807, 2.05) is 31.2 Å². The summed E-state index contributed by atoms with van der Waals surface area (Å²) >= 11 is 0. The van der Waals surface area contributed by atoms with Gasteiger partial charge in [-0.15, -0.1) is 0 Å². The van der Waals surface area contributed by atoms with Crippen LogP contribution in [0.25, 0.3) is 10.8 Å². The second-order valence-electron chi connectivity index (χ2n) is 7.74. The molecule has 0 aromatic heterocycles. The number of hydrogen-bond acceptors (Lipinski definition) is 4. The van der Waals surface area contributed by atoms with Crippen LogP contribution in [0.5, 0.6) is 11.5 Å². The van der Waals surface area contributed by atoms with Crippen molar-refractivity contribution in [3.8, 4) is 11.5 Å². The van der Waals surface area contributed by atoms with Crippen molar-refractivity contribution in [3.63, 3.8) is 0 Å². The summed E-state index contributed by atoms with van der Waals surface area (Å²) < 4.78 is 10.7. The standard InChI is InChI=1S/C25H26N2O4/c1-16(20-10-6-8-17-7-4-5-9-21(17)20)26-25(29)18-13-24(28)27(15-18)22-12-11-19(30-2)14-23(22)31-3/h4-12,14,16,18H,13,15H2,1-3H3,(H,26,29)/t16-,18+/m0/s1. The third kappa shape index (κ3) is 4.06. The van der Waals surface area contributed by atoms with Crippen molar-refractivity contribution in [1.82, 2.24) is 5.32 Å². The van der Waals surface area contributed by atoms with Crippen molar-refractivity contribution in [2.45, 2.75) is 19.4 Å². The normalized spacial score (nSPS) is 16.9. The van der Waals surface area contributed by atoms with Crippen LogP contribution in [-0.2, 0) is 9.59 Å². The van der Waals surface area contributed by atoms with Gasteiger partial charge in [-0.3, -0.25) is 9.59 Å². The molecule has 0 saturated carbocycles. The summed E-state index contributed by atoms with van der Waals surface area (Å²) in [7, 11) is 3.13. The molecule has 0 radical (unpaired) electrons. The van der Waals surface area contributed by atoms with Gasteiger partial charge in [0.15, 0.2) is 0 Å². The van der Waals surface area contributed by atoms with Gasteiger partial charge >= 0.3 is 0 Å². The van der Waals surface area contributed by atoms with Gasteiger partial charge in [-0.1, -0.05) is 42.5 Å². The fraction of sp³-hybridized carbons (Fsp3) is 0.280. The third-order valence-electron chi connectivity index (χ3n) is 5.82. The highest BCUT2D eigenvalue weighted by atomic mass is 16.5. The number of ether oxygens (including phenoxy) is 2. The number of carbonyl (C=O) groups excluding carboxylic acids is 2. The topological polar surface area (TPSA) is 67.9 Å². The zero-order valence-electron chi connectivity index (χ0n) is 17.9. The lowest BCUT2D eigenvalue weighted by molar-refractivity contribution is -0.126. The molecule has 0 spiro atoms. The fourth-order valence-corrected chi connectivity index (χ4v) is 4.16. The zero-order valence-corrected chi connectivity index (χ0v) is 17.9. The van der Waals surface area contributed by atoms with E-state index in [1.165, 1.54) is 0 Å².